The average Bonchev–Trinajstić information content (AvgIpc) is 2.45. The molecule has 0 amide bonds. The van der Waals surface area contributed by atoms with Crippen LogP contribution in [0.4, 0.5) is 4.39 Å². The van der Waals surface area contributed by atoms with E-state index < -0.39 is 0 Å². The van der Waals surface area contributed by atoms with Gasteiger partial charge in [0.25, 0.3) is 0 Å². The summed E-state index contributed by atoms with van der Waals surface area (Å²) in [6.07, 6.45) is 5.01. The predicted octanol–water partition coefficient (Wildman–Crippen LogP) is 3.00. The quantitative estimate of drug-likeness (QED) is 0.911. The maximum absolute atomic E-state index is 13.2. The highest BCUT2D eigenvalue weighted by atomic mass is 19.1. The van der Waals surface area contributed by atoms with Crippen LogP contribution in [0.3, 0.4) is 0 Å². The second kappa shape index (κ2) is 6.43. The molecule has 2 rings (SSSR count). The maximum Gasteiger partial charge on any atom is 0.321 e. The van der Waals surface area contributed by atoms with Gasteiger partial charge in [0.2, 0.25) is 0 Å². The summed E-state index contributed by atoms with van der Waals surface area (Å²) in [4.78, 5) is 8.24. The maximum atomic E-state index is 13.2. The van der Waals surface area contributed by atoms with E-state index >= 15 is 0 Å². The Morgan fingerprint density at radius 3 is 2.65 bits per heavy atom. The third kappa shape index (κ3) is 3.74. The van der Waals surface area contributed by atoms with E-state index in [0.717, 1.165) is 24.0 Å². The first-order chi connectivity index (χ1) is 9.58. The first-order valence-corrected chi connectivity index (χ1v) is 6.59. The van der Waals surface area contributed by atoms with Crippen molar-refractivity contribution in [2.45, 2.75) is 32.7 Å². The lowest BCUT2D eigenvalue weighted by atomic mass is 10.1. The molecule has 1 heterocycles. The molecule has 0 saturated carbocycles. The number of nitrogens with two attached hydrogens (primary N) is 1. The zero-order chi connectivity index (χ0) is 14.5. The molecule has 0 aliphatic heterocycles. The number of hydrogen-bond acceptors (Lipinski definition) is 4. The lowest BCUT2D eigenvalue weighted by Gasteiger charge is -2.09. The van der Waals surface area contributed by atoms with Crippen LogP contribution >= 0.6 is 0 Å². The monoisotopic (exact) mass is 275 g/mol. The van der Waals surface area contributed by atoms with E-state index in [-0.39, 0.29) is 17.9 Å². The molecule has 1 aromatic heterocycles. The number of aryl methyl sites for hydroxylation is 1. The van der Waals surface area contributed by atoms with Gasteiger partial charge in [-0.25, -0.2) is 14.4 Å². The van der Waals surface area contributed by atoms with Crippen LogP contribution in [0, 0.1) is 12.7 Å². The molecule has 0 saturated heterocycles. The molecular weight excluding hydrogens is 257 g/mol. The summed E-state index contributed by atoms with van der Waals surface area (Å²) in [5.41, 5.74) is 7.66. The van der Waals surface area contributed by atoms with Gasteiger partial charge in [0.1, 0.15) is 11.6 Å². The van der Waals surface area contributed by atoms with Gasteiger partial charge in [-0.1, -0.05) is 13.0 Å². The Hall–Kier alpha value is -2.01. The highest BCUT2D eigenvalue weighted by molar-refractivity contribution is 5.34. The Morgan fingerprint density at radius 2 is 2.00 bits per heavy atom. The Balaban J connectivity index is 2.09. The lowest BCUT2D eigenvalue weighted by molar-refractivity contribution is 0.433. The minimum Gasteiger partial charge on any atom is -0.424 e. The smallest absolute Gasteiger partial charge is 0.321 e. The summed E-state index contributed by atoms with van der Waals surface area (Å²) in [7, 11) is 0. The van der Waals surface area contributed by atoms with E-state index in [9.17, 15) is 4.39 Å². The molecule has 0 aliphatic rings. The number of ether oxygens (including phenoxy) is 1. The van der Waals surface area contributed by atoms with Crippen LogP contribution < -0.4 is 10.5 Å². The first kappa shape index (κ1) is 14.4. The van der Waals surface area contributed by atoms with Crippen molar-refractivity contribution < 1.29 is 9.13 Å². The normalized spacial score (nSPS) is 12.2. The first-order valence-electron chi connectivity index (χ1n) is 6.59. The Labute approximate surface area is 117 Å². The van der Waals surface area contributed by atoms with Crippen molar-refractivity contribution in [1.29, 1.82) is 0 Å². The second-order valence-corrected chi connectivity index (χ2v) is 4.76. The fourth-order valence-electron chi connectivity index (χ4n) is 1.73. The molecule has 1 aromatic carbocycles. The van der Waals surface area contributed by atoms with Gasteiger partial charge >= 0.3 is 6.01 Å². The fraction of sp³-hybridized carbons (Fsp3) is 0.333. The molecule has 106 valence electrons. The van der Waals surface area contributed by atoms with Gasteiger partial charge in [-0.2, -0.15) is 0 Å². The van der Waals surface area contributed by atoms with Gasteiger partial charge in [-0.05, 0) is 37.0 Å². The topological polar surface area (TPSA) is 61.0 Å². The van der Waals surface area contributed by atoms with Crippen LogP contribution in [0.2, 0.25) is 0 Å². The van der Waals surface area contributed by atoms with E-state index in [4.69, 9.17) is 10.5 Å². The number of hydrogen-bond donors (Lipinski definition) is 1. The van der Waals surface area contributed by atoms with Gasteiger partial charge in [0, 0.05) is 24.5 Å². The molecule has 5 heteroatoms. The van der Waals surface area contributed by atoms with Crippen LogP contribution in [-0.4, -0.2) is 16.0 Å². The molecule has 1 atom stereocenters. The van der Waals surface area contributed by atoms with E-state index in [1.807, 2.05) is 13.8 Å². The van der Waals surface area contributed by atoms with Crippen LogP contribution in [0.1, 0.15) is 24.5 Å². The number of aromatic nitrogens is 2. The van der Waals surface area contributed by atoms with E-state index in [1.54, 1.807) is 18.5 Å². The van der Waals surface area contributed by atoms with Crippen LogP contribution in [0.25, 0.3) is 0 Å². The predicted molar refractivity (Wildman–Crippen MR) is 75.2 cm³/mol. The average molecular weight is 275 g/mol. The van der Waals surface area contributed by atoms with Gasteiger partial charge in [-0.3, -0.25) is 0 Å². The highest BCUT2D eigenvalue weighted by Gasteiger charge is 2.07. The minimum atomic E-state index is -0.351. The summed E-state index contributed by atoms with van der Waals surface area (Å²) >= 11 is 0. The summed E-state index contributed by atoms with van der Waals surface area (Å²) in [6.45, 7) is 3.87. The molecule has 0 bridgehead atoms. The van der Waals surface area contributed by atoms with Crippen LogP contribution in [0.15, 0.2) is 30.6 Å². The zero-order valence-electron chi connectivity index (χ0n) is 11.6. The van der Waals surface area contributed by atoms with Crippen molar-refractivity contribution in [2.75, 3.05) is 0 Å². The SMILES string of the molecule is CCC(N)Cc1cnc(Oc2cc(F)ccc2C)nc1. The number of rotatable bonds is 5. The van der Waals surface area contributed by atoms with Crippen molar-refractivity contribution >= 4 is 0 Å². The van der Waals surface area contributed by atoms with Gasteiger partial charge in [-0.15, -0.1) is 0 Å². The van der Waals surface area contributed by atoms with Crippen LogP contribution in [0.5, 0.6) is 11.8 Å². The largest absolute Gasteiger partial charge is 0.424 e. The molecule has 2 aromatic rings. The second-order valence-electron chi connectivity index (χ2n) is 4.76. The Bertz CT molecular complexity index is 572. The molecule has 20 heavy (non-hydrogen) atoms. The summed E-state index contributed by atoms with van der Waals surface area (Å²) < 4.78 is 18.6. The van der Waals surface area contributed by atoms with Gasteiger partial charge in [0.05, 0.1) is 0 Å². The van der Waals surface area contributed by atoms with Crippen molar-refractivity contribution in [1.82, 2.24) is 9.97 Å². The molecule has 1 unspecified atom stereocenters. The molecule has 2 N–H and O–H groups in total. The molecular formula is C15H18FN3O. The molecule has 0 spiro atoms. The number of halogens is 1. The third-order valence-corrected chi connectivity index (χ3v) is 3.06. The molecule has 0 radical (unpaired) electrons. The highest BCUT2D eigenvalue weighted by Crippen LogP contribution is 2.23. The van der Waals surface area contributed by atoms with Gasteiger partial charge in [0.15, 0.2) is 0 Å². The Morgan fingerprint density at radius 1 is 1.30 bits per heavy atom. The zero-order valence-corrected chi connectivity index (χ0v) is 11.6. The van der Waals surface area contributed by atoms with Crippen molar-refractivity contribution in [3.05, 3.63) is 47.5 Å². The molecule has 0 fully saturated rings. The fourth-order valence-corrected chi connectivity index (χ4v) is 1.73. The third-order valence-electron chi connectivity index (χ3n) is 3.06. The summed E-state index contributed by atoms with van der Waals surface area (Å²) in [5, 5.41) is 0. The molecule has 4 nitrogen and oxygen atoms in total. The standard InChI is InChI=1S/C15H18FN3O/c1-3-13(17)6-11-8-18-15(19-9-11)20-14-7-12(16)5-4-10(14)2/h4-5,7-9,13H,3,6,17H2,1-2H3. The van der Waals surface area contributed by atoms with Crippen molar-refractivity contribution in [3.63, 3.8) is 0 Å². The number of benzene rings is 1. The summed E-state index contributed by atoms with van der Waals surface area (Å²) in [5.74, 6) is 0.0687. The Kier molecular flexibility index (Phi) is 4.63. The van der Waals surface area contributed by atoms with E-state index in [1.165, 1.54) is 12.1 Å². The minimum absolute atomic E-state index is 0.107. The van der Waals surface area contributed by atoms with E-state index in [0.29, 0.717) is 5.75 Å². The summed E-state index contributed by atoms with van der Waals surface area (Å²) in [6, 6.07) is 4.67. The molecule has 0 aliphatic carbocycles. The van der Waals surface area contributed by atoms with E-state index in [2.05, 4.69) is 9.97 Å². The lowest BCUT2D eigenvalue weighted by Crippen LogP contribution is -2.21. The van der Waals surface area contributed by atoms with Crippen LogP contribution in [-0.2, 0) is 6.42 Å². The number of nitrogens with zero attached hydrogens (tertiary/aromatic N) is 2. The van der Waals surface area contributed by atoms with Crippen molar-refractivity contribution in [2.24, 2.45) is 5.73 Å². The van der Waals surface area contributed by atoms with Crippen molar-refractivity contribution in [3.8, 4) is 11.8 Å². The van der Waals surface area contributed by atoms with Gasteiger partial charge < -0.3 is 10.5 Å².